The molecule has 100 valence electrons. The van der Waals surface area contributed by atoms with Gasteiger partial charge in [-0.2, -0.15) is 0 Å². The van der Waals surface area contributed by atoms with Crippen LogP contribution in [0.2, 0.25) is 5.02 Å². The molecule has 0 fully saturated rings. The lowest BCUT2D eigenvalue weighted by Crippen LogP contribution is -2.37. The van der Waals surface area contributed by atoms with Crippen LogP contribution in [0.4, 0.5) is 0 Å². The number of nitrogens with zero attached hydrogens (tertiary/aromatic N) is 1. The van der Waals surface area contributed by atoms with Gasteiger partial charge in [0.1, 0.15) is 0 Å². The van der Waals surface area contributed by atoms with Gasteiger partial charge in [-0.25, -0.2) is 0 Å². The van der Waals surface area contributed by atoms with E-state index in [9.17, 15) is 4.79 Å². The molecule has 1 rings (SSSR count). The smallest absolute Gasteiger partial charge is 0.226 e. The predicted octanol–water partition coefficient (Wildman–Crippen LogP) is 2.71. The minimum Gasteiger partial charge on any atom is -0.339 e. The second-order valence-corrected chi connectivity index (χ2v) is 5.07. The Morgan fingerprint density at radius 3 is 2.39 bits per heavy atom. The van der Waals surface area contributed by atoms with Crippen molar-refractivity contribution in [3.8, 4) is 0 Å². The largest absolute Gasteiger partial charge is 0.339 e. The van der Waals surface area contributed by atoms with Crippen LogP contribution < -0.4 is 5.32 Å². The predicted molar refractivity (Wildman–Crippen MR) is 75.7 cm³/mol. The molecule has 1 amide bonds. The van der Waals surface area contributed by atoms with Gasteiger partial charge in [0.05, 0.1) is 6.04 Å². The SMILES string of the molecule is CNCC(C)C(=O)N(C)C(C)c1ccc(Cl)cc1. The Morgan fingerprint density at radius 2 is 1.89 bits per heavy atom. The Kier molecular flexibility index (Phi) is 5.63. The third-order valence-electron chi connectivity index (χ3n) is 3.21. The molecule has 0 spiro atoms. The number of amides is 1. The molecular formula is C14H21ClN2O. The Balaban J connectivity index is 2.74. The fourth-order valence-electron chi connectivity index (χ4n) is 1.90. The molecule has 4 heteroatoms. The van der Waals surface area contributed by atoms with Gasteiger partial charge in [0, 0.05) is 24.5 Å². The number of carbonyl (C=O) groups is 1. The molecule has 18 heavy (non-hydrogen) atoms. The van der Waals surface area contributed by atoms with Crippen LogP contribution in [0, 0.1) is 5.92 Å². The van der Waals surface area contributed by atoms with Crippen LogP contribution in [-0.4, -0.2) is 31.4 Å². The zero-order valence-corrected chi connectivity index (χ0v) is 12.2. The Morgan fingerprint density at radius 1 is 1.33 bits per heavy atom. The Hall–Kier alpha value is -1.06. The highest BCUT2D eigenvalue weighted by molar-refractivity contribution is 6.30. The van der Waals surface area contributed by atoms with Gasteiger partial charge in [-0.05, 0) is 31.7 Å². The van der Waals surface area contributed by atoms with Crippen LogP contribution in [0.1, 0.15) is 25.5 Å². The van der Waals surface area contributed by atoms with Crippen molar-refractivity contribution < 1.29 is 4.79 Å². The first-order chi connectivity index (χ1) is 8.47. The van der Waals surface area contributed by atoms with Crippen molar-refractivity contribution >= 4 is 17.5 Å². The maximum absolute atomic E-state index is 12.2. The summed E-state index contributed by atoms with van der Waals surface area (Å²) in [5.74, 6) is 0.126. The van der Waals surface area contributed by atoms with E-state index in [1.165, 1.54) is 0 Å². The third-order valence-corrected chi connectivity index (χ3v) is 3.46. The molecule has 1 aromatic carbocycles. The Bertz CT molecular complexity index is 391. The van der Waals surface area contributed by atoms with Gasteiger partial charge in [-0.15, -0.1) is 0 Å². The summed E-state index contributed by atoms with van der Waals surface area (Å²) in [6, 6.07) is 7.67. The highest BCUT2D eigenvalue weighted by atomic mass is 35.5. The first kappa shape index (κ1) is 15.0. The van der Waals surface area contributed by atoms with Gasteiger partial charge < -0.3 is 10.2 Å². The molecule has 0 bridgehead atoms. The van der Waals surface area contributed by atoms with Crippen molar-refractivity contribution in [2.45, 2.75) is 19.9 Å². The summed E-state index contributed by atoms with van der Waals surface area (Å²) in [6.07, 6.45) is 0. The van der Waals surface area contributed by atoms with Crippen molar-refractivity contribution in [3.63, 3.8) is 0 Å². The topological polar surface area (TPSA) is 32.3 Å². The minimum absolute atomic E-state index is 0.0187. The summed E-state index contributed by atoms with van der Waals surface area (Å²) < 4.78 is 0. The second-order valence-electron chi connectivity index (χ2n) is 4.64. The van der Waals surface area contributed by atoms with Crippen molar-refractivity contribution in [2.24, 2.45) is 5.92 Å². The molecule has 0 saturated heterocycles. The molecule has 2 unspecified atom stereocenters. The molecule has 1 aromatic rings. The first-order valence-electron chi connectivity index (χ1n) is 6.14. The van der Waals surface area contributed by atoms with E-state index >= 15 is 0 Å². The molecule has 0 heterocycles. The monoisotopic (exact) mass is 268 g/mol. The molecule has 2 atom stereocenters. The number of rotatable bonds is 5. The van der Waals surface area contributed by atoms with Gasteiger partial charge in [0.25, 0.3) is 0 Å². The molecule has 1 N–H and O–H groups in total. The van der Waals surface area contributed by atoms with Crippen LogP contribution in [-0.2, 0) is 4.79 Å². The van der Waals surface area contributed by atoms with Crippen molar-refractivity contribution in [1.82, 2.24) is 10.2 Å². The van der Waals surface area contributed by atoms with Crippen LogP contribution in [0.25, 0.3) is 0 Å². The van der Waals surface area contributed by atoms with Crippen LogP contribution in [0.3, 0.4) is 0 Å². The second kappa shape index (κ2) is 6.76. The average Bonchev–Trinajstić information content (AvgIpc) is 2.37. The zero-order chi connectivity index (χ0) is 13.7. The van der Waals surface area contributed by atoms with E-state index in [4.69, 9.17) is 11.6 Å². The number of carbonyl (C=O) groups excluding carboxylic acids is 1. The zero-order valence-electron chi connectivity index (χ0n) is 11.4. The summed E-state index contributed by atoms with van der Waals surface area (Å²) >= 11 is 5.86. The van der Waals surface area contributed by atoms with Gasteiger partial charge in [-0.1, -0.05) is 30.7 Å². The Labute approximate surface area is 114 Å². The van der Waals surface area contributed by atoms with E-state index in [-0.39, 0.29) is 17.9 Å². The van der Waals surface area contributed by atoms with Crippen LogP contribution in [0.5, 0.6) is 0 Å². The van der Waals surface area contributed by atoms with E-state index in [0.29, 0.717) is 11.6 Å². The maximum Gasteiger partial charge on any atom is 0.226 e. The highest BCUT2D eigenvalue weighted by Crippen LogP contribution is 2.22. The number of benzene rings is 1. The summed E-state index contributed by atoms with van der Waals surface area (Å²) in [4.78, 5) is 14.0. The maximum atomic E-state index is 12.2. The van der Waals surface area contributed by atoms with Gasteiger partial charge in [0.2, 0.25) is 5.91 Å². The highest BCUT2D eigenvalue weighted by Gasteiger charge is 2.21. The molecule has 0 aliphatic heterocycles. The molecular weight excluding hydrogens is 248 g/mol. The molecule has 0 aliphatic carbocycles. The fraction of sp³-hybridized carbons (Fsp3) is 0.500. The van der Waals surface area contributed by atoms with E-state index < -0.39 is 0 Å². The summed E-state index contributed by atoms with van der Waals surface area (Å²) in [6.45, 7) is 4.65. The molecule has 0 saturated carbocycles. The molecule has 0 radical (unpaired) electrons. The summed E-state index contributed by atoms with van der Waals surface area (Å²) in [5, 5.41) is 3.74. The van der Waals surface area contributed by atoms with Crippen molar-refractivity contribution in [1.29, 1.82) is 0 Å². The van der Waals surface area contributed by atoms with Crippen LogP contribution in [0.15, 0.2) is 24.3 Å². The standard InChI is InChI=1S/C14H21ClN2O/c1-10(9-16-3)14(18)17(4)11(2)12-5-7-13(15)8-6-12/h5-8,10-11,16H,9H2,1-4H3. The lowest BCUT2D eigenvalue weighted by molar-refractivity contribution is -0.135. The van der Waals surface area contributed by atoms with Gasteiger partial charge in [0.15, 0.2) is 0 Å². The molecule has 0 aromatic heterocycles. The van der Waals surface area contributed by atoms with E-state index in [0.717, 1.165) is 5.56 Å². The minimum atomic E-state index is -0.0187. The van der Waals surface area contributed by atoms with E-state index in [2.05, 4.69) is 5.32 Å². The van der Waals surface area contributed by atoms with Crippen molar-refractivity contribution in [2.75, 3.05) is 20.6 Å². The normalized spacial score (nSPS) is 14.1. The number of halogens is 1. The van der Waals surface area contributed by atoms with Gasteiger partial charge >= 0.3 is 0 Å². The lowest BCUT2D eigenvalue weighted by Gasteiger charge is -2.28. The van der Waals surface area contributed by atoms with Crippen LogP contribution >= 0.6 is 11.6 Å². The summed E-state index contributed by atoms with van der Waals surface area (Å²) in [7, 11) is 3.69. The molecule has 0 aliphatic rings. The third kappa shape index (κ3) is 3.72. The number of nitrogens with one attached hydrogen (secondary N) is 1. The summed E-state index contributed by atoms with van der Waals surface area (Å²) in [5.41, 5.74) is 1.09. The fourth-order valence-corrected chi connectivity index (χ4v) is 2.02. The van der Waals surface area contributed by atoms with Crippen molar-refractivity contribution in [3.05, 3.63) is 34.9 Å². The molecule has 3 nitrogen and oxygen atoms in total. The average molecular weight is 269 g/mol. The van der Waals surface area contributed by atoms with E-state index in [1.54, 1.807) is 4.90 Å². The quantitative estimate of drug-likeness (QED) is 0.891. The van der Waals surface area contributed by atoms with E-state index in [1.807, 2.05) is 52.2 Å². The first-order valence-corrected chi connectivity index (χ1v) is 6.52. The lowest BCUT2D eigenvalue weighted by atomic mass is 10.0. The number of hydrogen-bond acceptors (Lipinski definition) is 2. The number of hydrogen-bond donors (Lipinski definition) is 1. The van der Waals surface area contributed by atoms with Gasteiger partial charge in [-0.3, -0.25) is 4.79 Å².